The van der Waals surface area contributed by atoms with E-state index in [4.69, 9.17) is 16.3 Å². The van der Waals surface area contributed by atoms with Gasteiger partial charge in [-0.25, -0.2) is 0 Å². The van der Waals surface area contributed by atoms with Gasteiger partial charge in [-0.1, -0.05) is 6.07 Å². The van der Waals surface area contributed by atoms with Gasteiger partial charge in [0.2, 0.25) is 0 Å². The number of ether oxygens (including phenoxy) is 1. The molecule has 1 amide bonds. The van der Waals surface area contributed by atoms with Crippen LogP contribution < -0.4 is 5.32 Å². The highest BCUT2D eigenvalue weighted by molar-refractivity contribution is 6.17. The van der Waals surface area contributed by atoms with Crippen molar-refractivity contribution in [1.82, 2.24) is 5.32 Å². The third-order valence-corrected chi connectivity index (χ3v) is 2.83. The molecule has 1 aromatic carbocycles. The summed E-state index contributed by atoms with van der Waals surface area (Å²) in [4.78, 5) is 11.9. The van der Waals surface area contributed by atoms with Gasteiger partial charge in [0.05, 0.1) is 18.2 Å². The van der Waals surface area contributed by atoms with Crippen LogP contribution in [0.25, 0.3) is 0 Å². The lowest BCUT2D eigenvalue weighted by atomic mass is 10.1. The fourth-order valence-electron chi connectivity index (χ4n) is 1.64. The zero-order valence-corrected chi connectivity index (χ0v) is 11.6. The fourth-order valence-corrected chi connectivity index (χ4v) is 1.90. The van der Waals surface area contributed by atoms with Gasteiger partial charge in [0.15, 0.2) is 0 Å². The van der Waals surface area contributed by atoms with Gasteiger partial charge in [-0.3, -0.25) is 4.79 Å². The number of halogens is 4. The Morgan fingerprint density at radius 1 is 1.45 bits per heavy atom. The summed E-state index contributed by atoms with van der Waals surface area (Å²) >= 11 is 5.59. The Labute approximate surface area is 120 Å². The van der Waals surface area contributed by atoms with Gasteiger partial charge < -0.3 is 10.1 Å². The molecule has 0 aromatic heterocycles. The molecule has 1 atom stereocenters. The molecule has 112 valence electrons. The fraction of sp³-hybridized carbons (Fsp3) is 0.462. The Morgan fingerprint density at radius 3 is 2.70 bits per heavy atom. The van der Waals surface area contributed by atoms with Crippen LogP contribution in [-0.2, 0) is 10.9 Å². The lowest BCUT2D eigenvalue weighted by Gasteiger charge is -2.17. The maximum atomic E-state index is 12.6. The second kappa shape index (κ2) is 7.50. The Hall–Kier alpha value is -1.27. The molecular formula is C13H15ClF3NO2. The molecule has 0 spiro atoms. The SMILES string of the molecule is COCC(CCCl)NC(=O)c1cccc(C(F)(F)F)c1. The van der Waals surface area contributed by atoms with E-state index in [0.717, 1.165) is 12.1 Å². The van der Waals surface area contributed by atoms with Crippen LogP contribution in [0.3, 0.4) is 0 Å². The lowest BCUT2D eigenvalue weighted by Crippen LogP contribution is -2.38. The molecule has 1 unspecified atom stereocenters. The molecule has 0 saturated carbocycles. The van der Waals surface area contributed by atoms with Crippen LogP contribution in [0.4, 0.5) is 13.2 Å². The van der Waals surface area contributed by atoms with Crippen molar-refractivity contribution >= 4 is 17.5 Å². The van der Waals surface area contributed by atoms with Crippen LogP contribution in [0.15, 0.2) is 24.3 Å². The monoisotopic (exact) mass is 309 g/mol. The van der Waals surface area contributed by atoms with Gasteiger partial charge in [0.1, 0.15) is 0 Å². The Bertz CT molecular complexity index is 445. The summed E-state index contributed by atoms with van der Waals surface area (Å²) in [6, 6.07) is 3.93. The van der Waals surface area contributed by atoms with Crippen LogP contribution in [0.2, 0.25) is 0 Å². The molecule has 0 saturated heterocycles. The van der Waals surface area contributed by atoms with Gasteiger partial charge in [-0.2, -0.15) is 13.2 Å². The van der Waals surface area contributed by atoms with E-state index in [-0.39, 0.29) is 18.2 Å². The number of methoxy groups -OCH3 is 1. The Morgan fingerprint density at radius 2 is 2.15 bits per heavy atom. The number of amides is 1. The summed E-state index contributed by atoms with van der Waals surface area (Å²) in [5.74, 6) is -0.264. The number of carbonyl (C=O) groups excluding carboxylic acids is 1. The van der Waals surface area contributed by atoms with E-state index >= 15 is 0 Å². The van der Waals surface area contributed by atoms with Crippen molar-refractivity contribution in [2.45, 2.75) is 18.6 Å². The Kier molecular flexibility index (Phi) is 6.29. The number of hydrogen-bond donors (Lipinski definition) is 1. The van der Waals surface area contributed by atoms with Crippen LogP contribution in [-0.4, -0.2) is 31.5 Å². The minimum absolute atomic E-state index is 0.0458. The number of nitrogens with one attached hydrogen (secondary N) is 1. The lowest BCUT2D eigenvalue weighted by molar-refractivity contribution is -0.137. The number of alkyl halides is 4. The average molecular weight is 310 g/mol. The van der Waals surface area contributed by atoms with Gasteiger partial charge in [-0.05, 0) is 24.6 Å². The summed E-state index contributed by atoms with van der Waals surface area (Å²) in [5.41, 5.74) is -0.902. The number of carbonyl (C=O) groups is 1. The molecule has 20 heavy (non-hydrogen) atoms. The predicted molar refractivity (Wildman–Crippen MR) is 69.9 cm³/mol. The van der Waals surface area contributed by atoms with Crippen LogP contribution in [0, 0.1) is 0 Å². The van der Waals surface area contributed by atoms with Crippen molar-refractivity contribution in [1.29, 1.82) is 0 Å². The highest BCUT2D eigenvalue weighted by Gasteiger charge is 2.31. The van der Waals surface area contributed by atoms with Crippen molar-refractivity contribution in [3.63, 3.8) is 0 Å². The number of rotatable bonds is 6. The normalized spacial score (nSPS) is 13.1. The quantitative estimate of drug-likeness (QED) is 0.820. The van der Waals surface area contributed by atoms with Crippen molar-refractivity contribution in [2.75, 3.05) is 19.6 Å². The largest absolute Gasteiger partial charge is 0.416 e. The zero-order valence-electron chi connectivity index (χ0n) is 10.8. The van der Waals surface area contributed by atoms with Crippen LogP contribution >= 0.6 is 11.6 Å². The molecule has 0 fully saturated rings. The molecule has 0 heterocycles. The first-order valence-corrected chi connectivity index (χ1v) is 6.45. The summed E-state index contributed by atoms with van der Waals surface area (Å²) in [6.07, 6.45) is -4.00. The van der Waals surface area contributed by atoms with E-state index in [9.17, 15) is 18.0 Å². The molecule has 0 aliphatic heterocycles. The van der Waals surface area contributed by atoms with E-state index < -0.39 is 17.6 Å². The molecule has 1 aromatic rings. The van der Waals surface area contributed by atoms with Gasteiger partial charge >= 0.3 is 6.18 Å². The Balaban J connectivity index is 2.81. The highest BCUT2D eigenvalue weighted by Crippen LogP contribution is 2.29. The molecule has 3 nitrogen and oxygen atoms in total. The minimum Gasteiger partial charge on any atom is -0.383 e. The first kappa shape index (κ1) is 16.8. The molecule has 0 bridgehead atoms. The molecule has 0 aliphatic rings. The molecule has 0 radical (unpaired) electrons. The molecule has 1 rings (SSSR count). The van der Waals surface area contributed by atoms with Crippen LogP contribution in [0.5, 0.6) is 0 Å². The van der Waals surface area contributed by atoms with E-state index in [2.05, 4.69) is 5.32 Å². The smallest absolute Gasteiger partial charge is 0.383 e. The van der Waals surface area contributed by atoms with Gasteiger partial charge in [0, 0.05) is 18.6 Å². The molecular weight excluding hydrogens is 295 g/mol. The number of hydrogen-bond acceptors (Lipinski definition) is 2. The first-order valence-electron chi connectivity index (χ1n) is 5.91. The number of benzene rings is 1. The van der Waals surface area contributed by atoms with Gasteiger partial charge in [-0.15, -0.1) is 11.6 Å². The zero-order chi connectivity index (χ0) is 15.2. The van der Waals surface area contributed by atoms with E-state index in [1.807, 2.05) is 0 Å². The second-order valence-corrected chi connectivity index (χ2v) is 4.56. The first-order chi connectivity index (χ1) is 9.38. The van der Waals surface area contributed by atoms with E-state index in [0.29, 0.717) is 12.3 Å². The average Bonchev–Trinajstić information content (AvgIpc) is 2.38. The maximum absolute atomic E-state index is 12.6. The van der Waals surface area contributed by atoms with Crippen molar-refractivity contribution < 1.29 is 22.7 Å². The minimum atomic E-state index is -4.47. The highest BCUT2D eigenvalue weighted by atomic mass is 35.5. The second-order valence-electron chi connectivity index (χ2n) is 4.18. The standard InChI is InChI=1S/C13H15ClF3NO2/c1-20-8-11(5-6-14)18-12(19)9-3-2-4-10(7-9)13(15,16)17/h2-4,7,11H,5-6,8H2,1H3,(H,18,19). The van der Waals surface area contributed by atoms with Gasteiger partial charge in [0.25, 0.3) is 5.91 Å². The third kappa shape index (κ3) is 5.02. The molecule has 1 N–H and O–H groups in total. The summed E-state index contributed by atoms with van der Waals surface area (Å²) in [5, 5.41) is 2.60. The van der Waals surface area contributed by atoms with Crippen molar-refractivity contribution in [3.05, 3.63) is 35.4 Å². The van der Waals surface area contributed by atoms with Crippen molar-refractivity contribution in [2.24, 2.45) is 0 Å². The third-order valence-electron chi connectivity index (χ3n) is 2.61. The summed E-state index contributed by atoms with van der Waals surface area (Å²) in [7, 11) is 1.47. The van der Waals surface area contributed by atoms with E-state index in [1.54, 1.807) is 0 Å². The summed E-state index contributed by atoms with van der Waals surface area (Å²) in [6.45, 7) is 0.247. The van der Waals surface area contributed by atoms with Crippen molar-refractivity contribution in [3.8, 4) is 0 Å². The molecule has 7 heteroatoms. The predicted octanol–water partition coefficient (Wildman–Crippen LogP) is 3.08. The molecule has 0 aliphatic carbocycles. The summed E-state index contributed by atoms with van der Waals surface area (Å²) < 4.78 is 42.6. The maximum Gasteiger partial charge on any atom is 0.416 e. The van der Waals surface area contributed by atoms with E-state index in [1.165, 1.54) is 19.2 Å². The van der Waals surface area contributed by atoms with Crippen LogP contribution in [0.1, 0.15) is 22.3 Å². The topological polar surface area (TPSA) is 38.3 Å².